The fourth-order valence-electron chi connectivity index (χ4n) is 2.83. The first-order valence-electron chi connectivity index (χ1n) is 6.61. The average molecular weight is 262 g/mol. The van der Waals surface area contributed by atoms with Crippen LogP contribution in [0.2, 0.25) is 0 Å². The van der Waals surface area contributed by atoms with Gasteiger partial charge in [-0.1, -0.05) is 30.3 Å². The lowest BCUT2D eigenvalue weighted by Gasteiger charge is -2.23. The number of nitrogens with zero attached hydrogens (tertiary/aromatic N) is 2. The van der Waals surface area contributed by atoms with Gasteiger partial charge >= 0.3 is 6.03 Å². The van der Waals surface area contributed by atoms with Crippen molar-refractivity contribution >= 4 is 6.03 Å². The van der Waals surface area contributed by atoms with Gasteiger partial charge in [0.15, 0.2) is 0 Å². The molecule has 2 aliphatic rings. The number of rotatable bonds is 2. The summed E-state index contributed by atoms with van der Waals surface area (Å²) in [5.41, 5.74) is 0.918. The quantitative estimate of drug-likeness (QED) is 0.650. The van der Waals surface area contributed by atoms with E-state index in [-0.39, 0.29) is 12.6 Å². The van der Waals surface area contributed by atoms with E-state index in [1.165, 1.54) is 0 Å². The van der Waals surface area contributed by atoms with E-state index in [1.807, 2.05) is 30.3 Å². The van der Waals surface area contributed by atoms with Gasteiger partial charge in [-0.2, -0.15) is 0 Å². The number of hydroxylamine groups is 2. The number of ether oxygens (including phenoxy) is 1. The Kier molecular flexibility index (Phi) is 3.40. The van der Waals surface area contributed by atoms with Crippen molar-refractivity contribution in [1.29, 1.82) is 0 Å². The molecule has 3 rings (SSSR count). The highest BCUT2D eigenvalue weighted by Crippen LogP contribution is 2.29. The van der Waals surface area contributed by atoms with Crippen LogP contribution >= 0.6 is 0 Å². The Morgan fingerprint density at radius 3 is 2.53 bits per heavy atom. The number of amides is 2. The highest BCUT2D eigenvalue weighted by Gasteiger charge is 2.40. The second-order valence-corrected chi connectivity index (χ2v) is 5.29. The van der Waals surface area contributed by atoms with E-state index in [4.69, 9.17) is 4.74 Å². The normalized spacial score (nSPS) is 25.4. The van der Waals surface area contributed by atoms with E-state index in [1.54, 1.807) is 4.90 Å². The van der Waals surface area contributed by atoms with Crippen molar-refractivity contribution in [2.75, 3.05) is 26.3 Å². The van der Waals surface area contributed by atoms with Crippen LogP contribution in [0.25, 0.3) is 0 Å². The van der Waals surface area contributed by atoms with Crippen molar-refractivity contribution in [3.05, 3.63) is 35.9 Å². The van der Waals surface area contributed by atoms with Gasteiger partial charge in [-0.25, -0.2) is 9.86 Å². The summed E-state index contributed by atoms with van der Waals surface area (Å²) in [6.07, 6.45) is 0. The summed E-state index contributed by atoms with van der Waals surface area (Å²) in [5, 5.41) is 10.7. The lowest BCUT2D eigenvalue weighted by atomic mass is 10.0. The maximum absolute atomic E-state index is 12.1. The molecule has 1 N–H and O–H groups in total. The first kappa shape index (κ1) is 12.4. The fraction of sp³-hybridized carbons (Fsp3) is 0.500. The Balaban J connectivity index is 1.58. The van der Waals surface area contributed by atoms with Gasteiger partial charge in [-0.3, -0.25) is 5.21 Å². The molecule has 1 aromatic carbocycles. The maximum Gasteiger partial charge on any atom is 0.344 e. The van der Waals surface area contributed by atoms with Crippen LogP contribution in [0.15, 0.2) is 30.3 Å². The molecule has 2 unspecified atom stereocenters. The molecule has 2 heterocycles. The summed E-state index contributed by atoms with van der Waals surface area (Å²) < 4.78 is 5.38. The van der Waals surface area contributed by atoms with E-state index < -0.39 is 0 Å². The van der Waals surface area contributed by atoms with E-state index in [0.717, 1.165) is 23.8 Å². The number of carbonyl (C=O) groups is 1. The van der Waals surface area contributed by atoms with Crippen LogP contribution < -0.4 is 0 Å². The molecule has 0 saturated carbocycles. The summed E-state index contributed by atoms with van der Waals surface area (Å²) in [7, 11) is 0. The highest BCUT2D eigenvalue weighted by atomic mass is 16.5. The van der Waals surface area contributed by atoms with Crippen LogP contribution in [0, 0.1) is 11.8 Å². The molecule has 0 aromatic heterocycles. The summed E-state index contributed by atoms with van der Waals surface area (Å²) in [6, 6.07) is 9.18. The van der Waals surface area contributed by atoms with Gasteiger partial charge in [0, 0.05) is 24.9 Å². The molecule has 102 valence electrons. The number of urea groups is 1. The molecule has 1 aromatic rings. The van der Waals surface area contributed by atoms with Gasteiger partial charge in [0.2, 0.25) is 0 Å². The van der Waals surface area contributed by atoms with Crippen LogP contribution in [0.4, 0.5) is 4.79 Å². The standard InChI is InChI=1S/C14H18N2O3/c17-14(15-7-12-9-19-10-13(12)8-15)16(18)6-11-4-2-1-3-5-11/h1-5,12-13,18H,6-10H2. The van der Waals surface area contributed by atoms with Gasteiger partial charge < -0.3 is 9.64 Å². The third-order valence-electron chi connectivity index (χ3n) is 3.91. The molecule has 0 spiro atoms. The molecule has 5 nitrogen and oxygen atoms in total. The Bertz CT molecular complexity index is 439. The molecule has 5 heteroatoms. The number of hydrogen-bond acceptors (Lipinski definition) is 3. The van der Waals surface area contributed by atoms with Gasteiger partial charge in [0.1, 0.15) is 0 Å². The van der Waals surface area contributed by atoms with Crippen molar-refractivity contribution in [2.45, 2.75) is 6.54 Å². The first-order valence-corrected chi connectivity index (χ1v) is 6.61. The van der Waals surface area contributed by atoms with Crippen molar-refractivity contribution in [2.24, 2.45) is 11.8 Å². The molecule has 0 bridgehead atoms. The summed E-state index contributed by atoms with van der Waals surface area (Å²) >= 11 is 0. The number of likely N-dealkylation sites (tertiary alicyclic amines) is 1. The lowest BCUT2D eigenvalue weighted by Crippen LogP contribution is -2.40. The zero-order valence-electron chi connectivity index (χ0n) is 10.7. The summed E-state index contributed by atoms with van der Waals surface area (Å²) in [4.78, 5) is 13.9. The van der Waals surface area contributed by atoms with Crippen molar-refractivity contribution in [3.8, 4) is 0 Å². The smallest absolute Gasteiger partial charge is 0.344 e. The minimum Gasteiger partial charge on any atom is -0.381 e. The molecule has 2 aliphatic heterocycles. The second kappa shape index (κ2) is 5.19. The lowest BCUT2D eigenvalue weighted by molar-refractivity contribution is -0.0633. The van der Waals surface area contributed by atoms with Gasteiger partial charge in [-0.05, 0) is 5.56 Å². The minimum absolute atomic E-state index is 0.224. The van der Waals surface area contributed by atoms with Gasteiger partial charge in [-0.15, -0.1) is 0 Å². The van der Waals surface area contributed by atoms with Gasteiger partial charge in [0.25, 0.3) is 0 Å². The van der Waals surface area contributed by atoms with Crippen LogP contribution in [-0.2, 0) is 11.3 Å². The van der Waals surface area contributed by atoms with E-state index in [2.05, 4.69) is 0 Å². The van der Waals surface area contributed by atoms with Crippen LogP contribution in [-0.4, -0.2) is 47.5 Å². The zero-order valence-corrected chi connectivity index (χ0v) is 10.7. The van der Waals surface area contributed by atoms with E-state index >= 15 is 0 Å². The Morgan fingerprint density at radius 2 is 1.89 bits per heavy atom. The van der Waals surface area contributed by atoms with Crippen LogP contribution in [0.5, 0.6) is 0 Å². The number of benzene rings is 1. The highest BCUT2D eigenvalue weighted by molar-refractivity contribution is 5.73. The van der Waals surface area contributed by atoms with Crippen molar-refractivity contribution in [3.63, 3.8) is 0 Å². The predicted octanol–water partition coefficient (Wildman–Crippen LogP) is 1.58. The number of hydrogen-bond donors (Lipinski definition) is 1. The zero-order chi connectivity index (χ0) is 13.2. The SMILES string of the molecule is O=C(N(O)Cc1ccccc1)N1CC2COCC2C1. The monoisotopic (exact) mass is 262 g/mol. The van der Waals surface area contributed by atoms with E-state index in [9.17, 15) is 10.0 Å². The average Bonchev–Trinajstić information content (AvgIpc) is 2.99. The van der Waals surface area contributed by atoms with Crippen molar-refractivity contribution < 1.29 is 14.7 Å². The molecule has 0 radical (unpaired) electrons. The van der Waals surface area contributed by atoms with Crippen LogP contribution in [0.1, 0.15) is 5.56 Å². The number of fused-ring (bicyclic) bond motifs is 1. The molecule has 2 fully saturated rings. The molecule has 2 saturated heterocycles. The Hall–Kier alpha value is -1.59. The van der Waals surface area contributed by atoms with Crippen LogP contribution in [0.3, 0.4) is 0 Å². The third-order valence-corrected chi connectivity index (χ3v) is 3.91. The molecule has 0 aliphatic carbocycles. The second-order valence-electron chi connectivity index (χ2n) is 5.29. The Labute approximate surface area is 112 Å². The predicted molar refractivity (Wildman–Crippen MR) is 68.5 cm³/mol. The van der Waals surface area contributed by atoms with Gasteiger partial charge in [0.05, 0.1) is 19.8 Å². The molecular formula is C14H18N2O3. The first-order chi connectivity index (χ1) is 9.24. The fourth-order valence-corrected chi connectivity index (χ4v) is 2.83. The van der Waals surface area contributed by atoms with Crippen molar-refractivity contribution in [1.82, 2.24) is 9.96 Å². The molecular weight excluding hydrogens is 244 g/mol. The number of carbonyl (C=O) groups excluding carboxylic acids is 1. The maximum atomic E-state index is 12.1. The topological polar surface area (TPSA) is 53.0 Å². The molecule has 2 atom stereocenters. The summed E-state index contributed by atoms with van der Waals surface area (Å²) in [6.45, 7) is 3.07. The Morgan fingerprint density at radius 1 is 1.26 bits per heavy atom. The molecule has 19 heavy (non-hydrogen) atoms. The molecule has 2 amide bonds. The van der Waals surface area contributed by atoms with E-state index in [0.29, 0.717) is 24.9 Å². The summed E-state index contributed by atoms with van der Waals surface area (Å²) in [5.74, 6) is 0.878. The minimum atomic E-state index is -0.307. The third kappa shape index (κ3) is 2.57. The largest absolute Gasteiger partial charge is 0.381 e.